The van der Waals surface area contributed by atoms with Gasteiger partial charge in [-0.2, -0.15) is 0 Å². The molecule has 1 aliphatic rings. The molecule has 2 rings (SSSR count). The Kier molecular flexibility index (Phi) is 3.53. The molecule has 1 atom stereocenters. The van der Waals surface area contributed by atoms with Gasteiger partial charge in [0, 0.05) is 42.3 Å². The summed E-state index contributed by atoms with van der Waals surface area (Å²) in [5.41, 5.74) is 12.7. The van der Waals surface area contributed by atoms with Crippen molar-refractivity contribution in [3.05, 3.63) is 36.0 Å². The molecule has 0 saturated carbocycles. The van der Waals surface area contributed by atoms with Gasteiger partial charge >= 0.3 is 0 Å². The fraction of sp³-hybridized carbons (Fsp3) is 0.308. The van der Waals surface area contributed by atoms with Crippen LogP contribution >= 0.6 is 0 Å². The van der Waals surface area contributed by atoms with Crippen molar-refractivity contribution in [2.75, 3.05) is 24.6 Å². The molecule has 1 aliphatic heterocycles. The molecule has 1 saturated heterocycles. The number of carbonyl (C=O) groups excluding carboxylic acids is 1. The van der Waals surface area contributed by atoms with Gasteiger partial charge in [-0.1, -0.05) is 0 Å². The van der Waals surface area contributed by atoms with Gasteiger partial charge in [0.2, 0.25) is 0 Å². The highest BCUT2D eigenvalue weighted by Gasteiger charge is 2.17. The number of carbonyl (C=O) groups is 1. The molecule has 0 aliphatic carbocycles. The fourth-order valence-corrected chi connectivity index (χ4v) is 1.95. The number of rotatable bonds is 3. The molecule has 1 fully saturated rings. The topological polar surface area (TPSA) is 92.6 Å². The Morgan fingerprint density at radius 3 is 2.89 bits per heavy atom. The number of likely N-dealkylation sites (tertiary alicyclic amines) is 1. The lowest BCUT2D eigenvalue weighted by atomic mass is 10.1. The molecule has 0 spiro atoms. The summed E-state index contributed by atoms with van der Waals surface area (Å²) in [5.74, 6) is -0.179. The minimum Gasteiger partial charge on any atom is -0.399 e. The van der Waals surface area contributed by atoms with E-state index in [2.05, 4.69) is 0 Å². The summed E-state index contributed by atoms with van der Waals surface area (Å²) in [4.78, 5) is 13.9. The molecular formula is C13H17N3O2. The fourth-order valence-electron chi connectivity index (χ4n) is 1.95. The van der Waals surface area contributed by atoms with Gasteiger partial charge in [0.05, 0.1) is 6.10 Å². The summed E-state index contributed by atoms with van der Waals surface area (Å²) in [6, 6.07) is 4.85. The van der Waals surface area contributed by atoms with E-state index >= 15 is 0 Å². The van der Waals surface area contributed by atoms with Crippen molar-refractivity contribution in [2.24, 2.45) is 0 Å². The molecule has 0 aromatic heterocycles. The van der Waals surface area contributed by atoms with Crippen molar-refractivity contribution in [3.8, 4) is 0 Å². The standard InChI is InChI=1S/C13H17N3O2/c14-9-1-2-12(15)11(7-9)13(18)4-6-16-5-3-10(17)8-16/h1-2,4,6-7,10,17H,3,5,8,14-15H2. The lowest BCUT2D eigenvalue weighted by Gasteiger charge is -2.10. The van der Waals surface area contributed by atoms with Crippen LogP contribution in [0.2, 0.25) is 0 Å². The third kappa shape index (κ3) is 2.81. The number of hydrogen-bond acceptors (Lipinski definition) is 5. The first kappa shape index (κ1) is 12.4. The maximum absolute atomic E-state index is 11.9. The van der Waals surface area contributed by atoms with Crippen LogP contribution in [-0.4, -0.2) is 35.0 Å². The number of aliphatic hydroxyl groups is 1. The molecule has 1 aromatic carbocycles. The van der Waals surface area contributed by atoms with Gasteiger partial charge in [-0.15, -0.1) is 0 Å². The monoisotopic (exact) mass is 247 g/mol. The van der Waals surface area contributed by atoms with E-state index < -0.39 is 0 Å². The smallest absolute Gasteiger partial charge is 0.189 e. The van der Waals surface area contributed by atoms with Gasteiger partial charge in [0.25, 0.3) is 0 Å². The summed E-state index contributed by atoms with van der Waals surface area (Å²) in [7, 11) is 0. The normalized spacial score (nSPS) is 19.6. The zero-order chi connectivity index (χ0) is 13.1. The Morgan fingerprint density at radius 1 is 1.44 bits per heavy atom. The van der Waals surface area contributed by atoms with Gasteiger partial charge in [-0.3, -0.25) is 4.79 Å². The van der Waals surface area contributed by atoms with Crippen LogP contribution in [0, 0.1) is 0 Å². The molecule has 1 heterocycles. The summed E-state index contributed by atoms with van der Waals surface area (Å²) >= 11 is 0. The minimum absolute atomic E-state index is 0.179. The average Bonchev–Trinajstić information content (AvgIpc) is 2.75. The Morgan fingerprint density at radius 2 is 2.22 bits per heavy atom. The van der Waals surface area contributed by atoms with Crippen molar-refractivity contribution in [3.63, 3.8) is 0 Å². The highest BCUT2D eigenvalue weighted by atomic mass is 16.3. The maximum atomic E-state index is 11.9. The maximum Gasteiger partial charge on any atom is 0.189 e. The third-order valence-corrected chi connectivity index (χ3v) is 2.97. The van der Waals surface area contributed by atoms with Gasteiger partial charge in [0.15, 0.2) is 5.78 Å². The van der Waals surface area contributed by atoms with E-state index in [9.17, 15) is 9.90 Å². The zero-order valence-electron chi connectivity index (χ0n) is 10.0. The number of hydrogen-bond donors (Lipinski definition) is 3. The SMILES string of the molecule is Nc1ccc(N)c(C(=O)C=CN2CCC(O)C2)c1. The van der Waals surface area contributed by atoms with E-state index in [0.29, 0.717) is 23.5 Å². The van der Waals surface area contributed by atoms with Gasteiger partial charge in [0.1, 0.15) is 0 Å². The summed E-state index contributed by atoms with van der Waals surface area (Å²) in [5, 5.41) is 9.37. The number of anilines is 2. The predicted octanol–water partition coefficient (Wildman–Crippen LogP) is 0.614. The van der Waals surface area contributed by atoms with Gasteiger partial charge in [-0.05, 0) is 24.6 Å². The summed E-state index contributed by atoms with van der Waals surface area (Å²) in [6.45, 7) is 1.33. The Hall–Kier alpha value is -2.01. The van der Waals surface area contributed by atoms with Crippen molar-refractivity contribution in [1.82, 2.24) is 4.90 Å². The number of nitrogens with two attached hydrogens (primary N) is 2. The Balaban J connectivity index is 2.07. The van der Waals surface area contributed by atoms with E-state index in [4.69, 9.17) is 11.5 Å². The Bertz CT molecular complexity index is 485. The van der Waals surface area contributed by atoms with E-state index in [1.807, 2.05) is 4.90 Å². The average molecular weight is 247 g/mol. The number of allylic oxidation sites excluding steroid dienone is 1. The molecule has 0 radical (unpaired) electrons. The molecule has 5 N–H and O–H groups in total. The van der Waals surface area contributed by atoms with Crippen molar-refractivity contribution in [2.45, 2.75) is 12.5 Å². The molecule has 1 unspecified atom stereocenters. The summed E-state index contributed by atoms with van der Waals surface area (Å²) in [6.07, 6.45) is 3.59. The highest BCUT2D eigenvalue weighted by molar-refractivity contribution is 6.08. The van der Waals surface area contributed by atoms with Crippen LogP contribution in [0.25, 0.3) is 0 Å². The van der Waals surface area contributed by atoms with Crippen molar-refractivity contribution >= 4 is 17.2 Å². The first-order chi connectivity index (χ1) is 8.56. The van der Waals surface area contributed by atoms with E-state index in [1.54, 1.807) is 24.4 Å². The second-order valence-electron chi connectivity index (χ2n) is 4.46. The zero-order valence-corrected chi connectivity index (χ0v) is 10.0. The number of benzene rings is 1. The molecule has 1 aromatic rings. The first-order valence-electron chi connectivity index (χ1n) is 5.86. The summed E-state index contributed by atoms with van der Waals surface area (Å²) < 4.78 is 0. The number of β-amino-alcohol motifs (C(OH)–C–C–N with tert-alkyl or cyclic N) is 1. The molecule has 0 amide bonds. The first-order valence-corrected chi connectivity index (χ1v) is 5.86. The van der Waals surface area contributed by atoms with Crippen LogP contribution in [0.4, 0.5) is 11.4 Å². The molecule has 5 nitrogen and oxygen atoms in total. The van der Waals surface area contributed by atoms with Gasteiger partial charge < -0.3 is 21.5 Å². The van der Waals surface area contributed by atoms with E-state index in [-0.39, 0.29) is 11.9 Å². The molecule has 96 valence electrons. The van der Waals surface area contributed by atoms with Crippen LogP contribution < -0.4 is 11.5 Å². The lowest BCUT2D eigenvalue weighted by Crippen LogP contribution is -2.16. The largest absolute Gasteiger partial charge is 0.399 e. The number of ketones is 1. The van der Waals surface area contributed by atoms with Crippen LogP contribution in [0.15, 0.2) is 30.5 Å². The number of nitrogen functional groups attached to an aromatic ring is 2. The van der Waals surface area contributed by atoms with Crippen LogP contribution in [0.5, 0.6) is 0 Å². The minimum atomic E-state index is -0.304. The van der Waals surface area contributed by atoms with E-state index in [0.717, 1.165) is 13.0 Å². The van der Waals surface area contributed by atoms with Crippen molar-refractivity contribution in [1.29, 1.82) is 0 Å². The molecule has 0 bridgehead atoms. The number of nitrogens with zero attached hydrogens (tertiary/aromatic N) is 1. The van der Waals surface area contributed by atoms with Crippen LogP contribution in [-0.2, 0) is 0 Å². The molecule has 18 heavy (non-hydrogen) atoms. The molecule has 5 heteroatoms. The quantitative estimate of drug-likeness (QED) is 0.413. The van der Waals surface area contributed by atoms with Crippen molar-refractivity contribution < 1.29 is 9.90 Å². The second-order valence-corrected chi connectivity index (χ2v) is 4.46. The lowest BCUT2D eigenvalue weighted by molar-refractivity contribution is 0.104. The third-order valence-electron chi connectivity index (χ3n) is 2.97. The highest BCUT2D eigenvalue weighted by Crippen LogP contribution is 2.17. The van der Waals surface area contributed by atoms with Crippen LogP contribution in [0.3, 0.4) is 0 Å². The second kappa shape index (κ2) is 5.10. The van der Waals surface area contributed by atoms with E-state index in [1.165, 1.54) is 6.08 Å². The predicted molar refractivity (Wildman–Crippen MR) is 70.9 cm³/mol. The number of aliphatic hydroxyl groups excluding tert-OH is 1. The molecular weight excluding hydrogens is 230 g/mol. The van der Waals surface area contributed by atoms with Crippen LogP contribution in [0.1, 0.15) is 16.8 Å². The van der Waals surface area contributed by atoms with Gasteiger partial charge in [-0.25, -0.2) is 0 Å². The Labute approximate surface area is 106 Å².